The molecule has 3 N–H and O–H groups in total. The second-order valence-corrected chi connectivity index (χ2v) is 10.3. The van der Waals surface area contributed by atoms with Crippen LogP contribution in [0.1, 0.15) is 64.6 Å². The minimum atomic E-state index is -0.257. The largest absolute Gasteiger partial charge is 0.384 e. The number of anilines is 2. The lowest BCUT2D eigenvalue weighted by Crippen LogP contribution is -2.58. The van der Waals surface area contributed by atoms with E-state index < -0.39 is 0 Å². The molecule has 0 spiro atoms. The van der Waals surface area contributed by atoms with Crippen molar-refractivity contribution in [2.75, 3.05) is 30.3 Å². The zero-order chi connectivity index (χ0) is 25.5. The number of aryl methyl sites for hydroxylation is 2. The van der Waals surface area contributed by atoms with Crippen LogP contribution in [0.15, 0.2) is 36.5 Å². The Kier molecular flexibility index (Phi) is 6.11. The molecule has 6 rings (SSSR count). The molecule has 1 aliphatic carbocycles. The summed E-state index contributed by atoms with van der Waals surface area (Å²) in [4.78, 5) is 34.7. The van der Waals surface area contributed by atoms with Gasteiger partial charge >= 0.3 is 0 Å². The highest BCUT2D eigenvalue weighted by Gasteiger charge is 2.37. The molecule has 10 nitrogen and oxygen atoms in total. The average molecular weight is 501 g/mol. The number of carbonyl (C=O) groups excluding carboxylic acids is 2. The van der Waals surface area contributed by atoms with Gasteiger partial charge in [-0.3, -0.25) is 14.5 Å². The summed E-state index contributed by atoms with van der Waals surface area (Å²) in [5.41, 5.74) is 11.1. The maximum atomic E-state index is 13.2. The molecule has 4 heterocycles. The predicted molar refractivity (Wildman–Crippen MR) is 139 cm³/mol. The maximum absolute atomic E-state index is 13.2. The Morgan fingerprint density at radius 3 is 2.89 bits per heavy atom. The number of hydrogen-bond acceptors (Lipinski definition) is 7. The molecule has 3 aromatic rings. The van der Waals surface area contributed by atoms with Crippen LogP contribution in [0.2, 0.25) is 0 Å². The third-order valence-electron chi connectivity index (χ3n) is 7.82. The molecule has 2 unspecified atom stereocenters. The van der Waals surface area contributed by atoms with E-state index in [2.05, 4.69) is 31.6 Å². The molecule has 2 atom stereocenters. The molecule has 2 aliphatic heterocycles. The molecule has 192 valence electrons. The molecule has 37 heavy (non-hydrogen) atoms. The molecule has 0 bridgehead atoms. The van der Waals surface area contributed by atoms with Crippen LogP contribution >= 0.6 is 0 Å². The van der Waals surface area contributed by atoms with E-state index in [-0.39, 0.29) is 29.6 Å². The van der Waals surface area contributed by atoms with Gasteiger partial charge in [-0.1, -0.05) is 29.8 Å². The van der Waals surface area contributed by atoms with Crippen molar-refractivity contribution in [3.8, 4) is 0 Å². The number of aromatic nitrogens is 4. The highest BCUT2D eigenvalue weighted by molar-refractivity contribution is 5.98. The van der Waals surface area contributed by atoms with Crippen LogP contribution in [0.5, 0.6) is 0 Å². The number of carbonyl (C=O) groups is 2. The Bertz CT molecular complexity index is 1350. The van der Waals surface area contributed by atoms with Gasteiger partial charge in [-0.2, -0.15) is 0 Å². The van der Waals surface area contributed by atoms with E-state index in [1.54, 1.807) is 16.9 Å². The Morgan fingerprint density at radius 2 is 2.03 bits per heavy atom. The number of fused-ring (bicyclic) bond motifs is 2. The van der Waals surface area contributed by atoms with Crippen LogP contribution in [0.4, 0.5) is 11.5 Å². The summed E-state index contributed by atoms with van der Waals surface area (Å²) in [5.74, 6) is 0.459. The van der Waals surface area contributed by atoms with Crippen LogP contribution in [-0.2, 0) is 17.8 Å². The van der Waals surface area contributed by atoms with E-state index in [0.29, 0.717) is 12.4 Å². The van der Waals surface area contributed by atoms with Gasteiger partial charge in [0.1, 0.15) is 5.82 Å². The van der Waals surface area contributed by atoms with Crippen molar-refractivity contribution < 1.29 is 9.59 Å². The number of benzene rings is 1. The summed E-state index contributed by atoms with van der Waals surface area (Å²) in [5, 5.41) is 11.3. The van der Waals surface area contributed by atoms with Gasteiger partial charge in [0.15, 0.2) is 5.69 Å². The number of nitrogens with one attached hydrogen (secondary N) is 1. The fourth-order valence-electron chi connectivity index (χ4n) is 5.95. The van der Waals surface area contributed by atoms with Crippen molar-refractivity contribution in [1.82, 2.24) is 30.2 Å². The average Bonchev–Trinajstić information content (AvgIpc) is 3.52. The molecule has 2 amide bonds. The number of nitrogens with two attached hydrogens (primary N) is 1. The Hall–Kier alpha value is -3.79. The van der Waals surface area contributed by atoms with Crippen molar-refractivity contribution in [2.24, 2.45) is 0 Å². The lowest BCUT2D eigenvalue weighted by atomic mass is 9.97. The van der Waals surface area contributed by atoms with Crippen molar-refractivity contribution in [3.05, 3.63) is 64.6 Å². The molecule has 2 saturated heterocycles. The van der Waals surface area contributed by atoms with E-state index in [1.807, 2.05) is 30.0 Å². The van der Waals surface area contributed by atoms with Gasteiger partial charge in [-0.25, -0.2) is 9.67 Å². The minimum Gasteiger partial charge on any atom is -0.384 e. The second-order valence-electron chi connectivity index (χ2n) is 10.3. The summed E-state index contributed by atoms with van der Waals surface area (Å²) in [7, 11) is 0. The first-order valence-corrected chi connectivity index (χ1v) is 13.1. The lowest BCUT2D eigenvalue weighted by Gasteiger charge is -2.43. The van der Waals surface area contributed by atoms with Gasteiger partial charge in [0.05, 0.1) is 24.8 Å². The third kappa shape index (κ3) is 4.57. The van der Waals surface area contributed by atoms with Gasteiger partial charge in [0.2, 0.25) is 5.91 Å². The SMILES string of the molecule is Cc1cc(Cn2cc(C(=O)NC3CCc4nc(N)ccc43)nn2)ccc1N1CCN2CCCCC2C1=O. The van der Waals surface area contributed by atoms with E-state index in [9.17, 15) is 9.59 Å². The van der Waals surface area contributed by atoms with Crippen LogP contribution in [-0.4, -0.2) is 62.4 Å². The number of hydrogen-bond donors (Lipinski definition) is 2. The van der Waals surface area contributed by atoms with Crippen LogP contribution < -0.4 is 16.0 Å². The molecule has 1 aromatic carbocycles. The number of nitrogens with zero attached hydrogens (tertiary/aromatic N) is 6. The van der Waals surface area contributed by atoms with Gasteiger partial charge in [0, 0.05) is 24.5 Å². The molecular weight excluding hydrogens is 468 g/mol. The standard InChI is InChI=1S/C27H32N8O2/c1-17-14-18(5-9-23(17)35-13-12-33-11-3-2-4-24(33)27(35)37)15-34-16-22(31-32-34)26(36)30-21-8-7-20-19(21)6-10-25(28)29-20/h5-6,9-10,14,16,21,24H,2-4,7-8,11-13,15H2,1H3,(H2,28,29)(H,30,36). The van der Waals surface area contributed by atoms with Crippen molar-refractivity contribution in [3.63, 3.8) is 0 Å². The maximum Gasteiger partial charge on any atom is 0.273 e. The Balaban J connectivity index is 1.11. The summed E-state index contributed by atoms with van der Waals surface area (Å²) >= 11 is 0. The van der Waals surface area contributed by atoms with E-state index in [0.717, 1.165) is 73.4 Å². The molecule has 2 aromatic heterocycles. The third-order valence-corrected chi connectivity index (χ3v) is 7.82. The molecule has 3 aliphatic rings. The normalized spacial score (nSPS) is 21.5. The van der Waals surface area contributed by atoms with Crippen LogP contribution in [0, 0.1) is 6.92 Å². The van der Waals surface area contributed by atoms with Crippen molar-refractivity contribution >= 4 is 23.3 Å². The quantitative estimate of drug-likeness (QED) is 0.551. The molecular formula is C27H32N8O2. The molecule has 2 fully saturated rings. The second kappa shape index (κ2) is 9.59. The number of pyridine rings is 1. The summed E-state index contributed by atoms with van der Waals surface area (Å²) in [6.07, 6.45) is 6.50. The minimum absolute atomic E-state index is 0.0217. The van der Waals surface area contributed by atoms with Crippen molar-refractivity contribution in [2.45, 2.75) is 57.7 Å². The first-order valence-electron chi connectivity index (χ1n) is 13.1. The fraction of sp³-hybridized carbons (Fsp3) is 0.444. The zero-order valence-corrected chi connectivity index (χ0v) is 21.1. The zero-order valence-electron chi connectivity index (χ0n) is 21.1. The number of nitrogen functional groups attached to an aromatic ring is 1. The van der Waals surface area contributed by atoms with Gasteiger partial charge in [-0.05, 0) is 68.0 Å². The van der Waals surface area contributed by atoms with Gasteiger partial charge in [0.25, 0.3) is 5.91 Å². The molecule has 0 saturated carbocycles. The van der Waals surface area contributed by atoms with Crippen molar-refractivity contribution in [1.29, 1.82) is 0 Å². The lowest BCUT2D eigenvalue weighted by molar-refractivity contribution is -0.127. The molecule has 10 heteroatoms. The van der Waals surface area contributed by atoms with Gasteiger partial charge < -0.3 is 16.0 Å². The Morgan fingerprint density at radius 1 is 1.14 bits per heavy atom. The topological polar surface area (TPSA) is 122 Å². The fourth-order valence-corrected chi connectivity index (χ4v) is 5.95. The molecule has 0 radical (unpaired) electrons. The predicted octanol–water partition coefficient (Wildman–Crippen LogP) is 2.23. The number of piperazine rings is 1. The summed E-state index contributed by atoms with van der Waals surface area (Å²) in [6.45, 7) is 5.22. The van der Waals surface area contributed by atoms with E-state index in [1.165, 1.54) is 6.42 Å². The first kappa shape index (κ1) is 23.6. The highest BCUT2D eigenvalue weighted by atomic mass is 16.2. The van der Waals surface area contributed by atoms with Gasteiger partial charge in [-0.15, -0.1) is 5.10 Å². The first-order chi connectivity index (χ1) is 18.0. The van der Waals surface area contributed by atoms with Crippen LogP contribution in [0.25, 0.3) is 0 Å². The van der Waals surface area contributed by atoms with E-state index >= 15 is 0 Å². The smallest absolute Gasteiger partial charge is 0.273 e. The highest BCUT2D eigenvalue weighted by Crippen LogP contribution is 2.31. The number of piperidine rings is 1. The summed E-state index contributed by atoms with van der Waals surface area (Å²) < 4.78 is 1.67. The number of amides is 2. The van der Waals surface area contributed by atoms with E-state index in [4.69, 9.17) is 5.73 Å². The monoisotopic (exact) mass is 500 g/mol. The van der Waals surface area contributed by atoms with Crippen LogP contribution in [0.3, 0.4) is 0 Å². The Labute approximate surface area is 215 Å². The number of rotatable bonds is 5. The summed E-state index contributed by atoms with van der Waals surface area (Å²) in [6, 6.07) is 9.76.